The second-order valence-corrected chi connectivity index (χ2v) is 7.00. The second kappa shape index (κ2) is 8.34. The lowest BCUT2D eigenvalue weighted by Crippen LogP contribution is -2.44. The van der Waals surface area contributed by atoms with Gasteiger partial charge >= 0.3 is 0 Å². The quantitative estimate of drug-likeness (QED) is 0.846. The van der Waals surface area contributed by atoms with Crippen molar-refractivity contribution in [3.8, 4) is 0 Å². The summed E-state index contributed by atoms with van der Waals surface area (Å²) in [5.74, 6) is -0.297. The number of likely N-dealkylation sites (tertiary alicyclic amines) is 1. The third-order valence-electron chi connectivity index (χ3n) is 5.04. The van der Waals surface area contributed by atoms with Crippen LogP contribution in [-0.4, -0.2) is 67.9 Å². The summed E-state index contributed by atoms with van der Waals surface area (Å²) in [5.41, 5.74) is 1.92. The smallest absolute Gasteiger partial charge is 0.233 e. The average Bonchev–Trinajstić information content (AvgIpc) is 2.64. The van der Waals surface area contributed by atoms with Gasteiger partial charge in [-0.2, -0.15) is 0 Å². The number of carbonyl (C=O) groups is 2. The summed E-state index contributed by atoms with van der Waals surface area (Å²) < 4.78 is 0. The molecule has 2 aliphatic heterocycles. The van der Waals surface area contributed by atoms with Crippen molar-refractivity contribution in [3.05, 3.63) is 24.3 Å². The number of amides is 2. The van der Waals surface area contributed by atoms with Gasteiger partial charge in [-0.1, -0.05) is 0 Å². The molecular formula is C19H28N4O2. The van der Waals surface area contributed by atoms with Gasteiger partial charge in [0.15, 0.2) is 0 Å². The molecule has 2 aliphatic rings. The van der Waals surface area contributed by atoms with Crippen molar-refractivity contribution in [2.45, 2.75) is 25.7 Å². The number of piperidine rings is 1. The SMILES string of the molecule is CN1CCN(c2ccc(NC(=O)CC(=O)N3CCCCC3)cc2)CC1. The standard InChI is InChI=1S/C19H28N4O2/c1-21-11-13-22(14-12-21)17-7-5-16(6-8-17)20-18(24)15-19(25)23-9-3-2-4-10-23/h5-8H,2-4,9-15H2,1H3,(H,20,24). The van der Waals surface area contributed by atoms with Crippen LogP contribution in [0.15, 0.2) is 24.3 Å². The first kappa shape index (κ1) is 17.7. The van der Waals surface area contributed by atoms with Crippen LogP contribution < -0.4 is 10.2 Å². The summed E-state index contributed by atoms with van der Waals surface area (Å²) in [7, 11) is 2.14. The van der Waals surface area contributed by atoms with E-state index in [0.29, 0.717) is 0 Å². The third kappa shape index (κ3) is 4.95. The Morgan fingerprint density at radius 1 is 0.920 bits per heavy atom. The lowest BCUT2D eigenvalue weighted by atomic mass is 10.1. The van der Waals surface area contributed by atoms with Gasteiger partial charge < -0.3 is 20.0 Å². The van der Waals surface area contributed by atoms with Gasteiger partial charge in [0.05, 0.1) is 0 Å². The highest BCUT2D eigenvalue weighted by molar-refractivity contribution is 6.03. The predicted octanol–water partition coefficient (Wildman–Crippen LogP) is 1.78. The number of nitrogens with zero attached hydrogens (tertiary/aromatic N) is 3. The second-order valence-electron chi connectivity index (χ2n) is 7.00. The molecule has 1 aromatic carbocycles. The van der Waals surface area contributed by atoms with Gasteiger partial charge in [0.25, 0.3) is 0 Å². The molecular weight excluding hydrogens is 316 g/mol. The first-order valence-electron chi connectivity index (χ1n) is 9.23. The number of rotatable bonds is 4. The van der Waals surface area contributed by atoms with E-state index in [4.69, 9.17) is 0 Å². The van der Waals surface area contributed by atoms with E-state index >= 15 is 0 Å². The monoisotopic (exact) mass is 344 g/mol. The van der Waals surface area contributed by atoms with Crippen LogP contribution in [0.3, 0.4) is 0 Å². The summed E-state index contributed by atoms with van der Waals surface area (Å²) in [5, 5.41) is 2.84. The van der Waals surface area contributed by atoms with E-state index in [2.05, 4.69) is 22.2 Å². The van der Waals surface area contributed by atoms with Crippen LogP contribution in [0.2, 0.25) is 0 Å². The Labute approximate surface area is 149 Å². The van der Waals surface area contributed by atoms with E-state index in [1.165, 1.54) is 12.1 Å². The minimum absolute atomic E-state index is 0.0637. The normalized spacial score (nSPS) is 18.9. The van der Waals surface area contributed by atoms with Crippen LogP contribution >= 0.6 is 0 Å². The Morgan fingerprint density at radius 2 is 1.56 bits per heavy atom. The average molecular weight is 344 g/mol. The minimum Gasteiger partial charge on any atom is -0.369 e. The Hall–Kier alpha value is -2.08. The largest absolute Gasteiger partial charge is 0.369 e. The van der Waals surface area contributed by atoms with Crippen LogP contribution in [0.25, 0.3) is 0 Å². The van der Waals surface area contributed by atoms with Crippen molar-refractivity contribution >= 4 is 23.2 Å². The van der Waals surface area contributed by atoms with E-state index in [0.717, 1.165) is 57.8 Å². The maximum Gasteiger partial charge on any atom is 0.233 e. The molecule has 136 valence electrons. The molecule has 2 heterocycles. The fourth-order valence-corrected chi connectivity index (χ4v) is 3.42. The zero-order chi connectivity index (χ0) is 17.6. The van der Waals surface area contributed by atoms with Crippen LogP contribution in [0, 0.1) is 0 Å². The minimum atomic E-state index is -0.233. The zero-order valence-corrected chi connectivity index (χ0v) is 15.0. The molecule has 6 nitrogen and oxygen atoms in total. The molecule has 0 atom stereocenters. The number of hydrogen-bond acceptors (Lipinski definition) is 4. The zero-order valence-electron chi connectivity index (χ0n) is 15.0. The highest BCUT2D eigenvalue weighted by Crippen LogP contribution is 2.19. The molecule has 2 amide bonds. The fraction of sp³-hybridized carbons (Fsp3) is 0.579. The molecule has 6 heteroatoms. The van der Waals surface area contributed by atoms with Gasteiger partial charge in [-0.15, -0.1) is 0 Å². The van der Waals surface area contributed by atoms with Gasteiger partial charge in [-0.3, -0.25) is 9.59 Å². The number of hydrogen-bond donors (Lipinski definition) is 1. The lowest BCUT2D eigenvalue weighted by Gasteiger charge is -2.34. The van der Waals surface area contributed by atoms with Crippen molar-refractivity contribution in [2.75, 3.05) is 56.5 Å². The van der Waals surface area contributed by atoms with E-state index < -0.39 is 0 Å². The number of carbonyl (C=O) groups excluding carboxylic acids is 2. The lowest BCUT2D eigenvalue weighted by molar-refractivity contribution is -0.135. The molecule has 25 heavy (non-hydrogen) atoms. The topological polar surface area (TPSA) is 55.9 Å². The summed E-state index contributed by atoms with van der Waals surface area (Å²) in [6.07, 6.45) is 3.19. The molecule has 0 radical (unpaired) electrons. The molecule has 0 bridgehead atoms. The maximum absolute atomic E-state index is 12.1. The van der Waals surface area contributed by atoms with Gasteiger partial charge in [0.2, 0.25) is 11.8 Å². The van der Waals surface area contributed by atoms with Crippen molar-refractivity contribution in [1.29, 1.82) is 0 Å². The van der Waals surface area contributed by atoms with E-state index in [-0.39, 0.29) is 18.2 Å². The molecule has 0 aromatic heterocycles. The van der Waals surface area contributed by atoms with Gasteiger partial charge in [-0.25, -0.2) is 0 Å². The summed E-state index contributed by atoms with van der Waals surface area (Å²) >= 11 is 0. The Morgan fingerprint density at radius 3 is 2.20 bits per heavy atom. The van der Waals surface area contributed by atoms with Crippen molar-refractivity contribution < 1.29 is 9.59 Å². The summed E-state index contributed by atoms with van der Waals surface area (Å²) in [4.78, 5) is 30.7. The molecule has 0 saturated carbocycles. The predicted molar refractivity (Wildman–Crippen MR) is 99.8 cm³/mol. The molecule has 0 unspecified atom stereocenters. The highest BCUT2D eigenvalue weighted by atomic mass is 16.2. The van der Waals surface area contributed by atoms with Gasteiger partial charge in [-0.05, 0) is 50.6 Å². The van der Waals surface area contributed by atoms with E-state index in [1.807, 2.05) is 24.3 Å². The number of benzene rings is 1. The van der Waals surface area contributed by atoms with Crippen LogP contribution in [0.4, 0.5) is 11.4 Å². The maximum atomic E-state index is 12.1. The molecule has 0 aliphatic carbocycles. The Kier molecular flexibility index (Phi) is 5.91. The molecule has 2 saturated heterocycles. The molecule has 1 N–H and O–H groups in total. The fourth-order valence-electron chi connectivity index (χ4n) is 3.42. The first-order valence-corrected chi connectivity index (χ1v) is 9.23. The van der Waals surface area contributed by atoms with Crippen molar-refractivity contribution in [1.82, 2.24) is 9.80 Å². The van der Waals surface area contributed by atoms with Crippen LogP contribution in [0.1, 0.15) is 25.7 Å². The van der Waals surface area contributed by atoms with Gasteiger partial charge in [0.1, 0.15) is 6.42 Å². The number of anilines is 2. The Balaban J connectivity index is 1.49. The van der Waals surface area contributed by atoms with Crippen LogP contribution in [0.5, 0.6) is 0 Å². The molecule has 2 fully saturated rings. The van der Waals surface area contributed by atoms with Crippen molar-refractivity contribution in [3.63, 3.8) is 0 Å². The number of nitrogens with one attached hydrogen (secondary N) is 1. The van der Waals surface area contributed by atoms with Crippen LogP contribution in [-0.2, 0) is 9.59 Å². The third-order valence-corrected chi connectivity index (χ3v) is 5.04. The summed E-state index contributed by atoms with van der Waals surface area (Å²) in [6.45, 7) is 5.74. The molecule has 1 aromatic rings. The van der Waals surface area contributed by atoms with E-state index in [1.54, 1.807) is 4.90 Å². The number of likely N-dealkylation sites (N-methyl/N-ethyl adjacent to an activating group) is 1. The summed E-state index contributed by atoms with van der Waals surface area (Å²) in [6, 6.07) is 7.90. The first-order chi connectivity index (χ1) is 12.1. The van der Waals surface area contributed by atoms with Crippen molar-refractivity contribution in [2.24, 2.45) is 0 Å². The molecule has 3 rings (SSSR count). The highest BCUT2D eigenvalue weighted by Gasteiger charge is 2.19. The molecule has 0 spiro atoms. The number of piperazine rings is 1. The Bertz CT molecular complexity index is 588. The van der Waals surface area contributed by atoms with E-state index in [9.17, 15) is 9.59 Å². The van der Waals surface area contributed by atoms with Gasteiger partial charge in [0, 0.05) is 50.6 Å².